The maximum atomic E-state index is 12.8. The summed E-state index contributed by atoms with van der Waals surface area (Å²) in [6, 6.07) is 7.62. The Labute approximate surface area is 86.3 Å². The van der Waals surface area contributed by atoms with Gasteiger partial charge in [-0.3, -0.25) is 4.39 Å². The van der Waals surface area contributed by atoms with Crippen LogP contribution in [0.3, 0.4) is 0 Å². The van der Waals surface area contributed by atoms with Gasteiger partial charge in [0.2, 0.25) is 0 Å². The zero-order valence-corrected chi connectivity index (χ0v) is 9.14. The highest BCUT2D eigenvalue weighted by Crippen LogP contribution is 2.25. The van der Waals surface area contributed by atoms with E-state index in [1.54, 1.807) is 0 Å². The molecule has 0 aliphatic heterocycles. The average Bonchev–Trinajstić information content (AvgIpc) is 2.17. The Balaban J connectivity index is 3.05. The van der Waals surface area contributed by atoms with Crippen LogP contribution in [0.5, 0.6) is 0 Å². The van der Waals surface area contributed by atoms with Crippen molar-refractivity contribution in [1.29, 1.82) is 0 Å². The standard InChI is InChI=1S/C10H13BrFN/c1-10(6-12,7-13)8-3-2-4-9(11)5-8/h2-5H,6-7,13H2,1H3. The van der Waals surface area contributed by atoms with E-state index >= 15 is 0 Å². The Morgan fingerprint density at radius 2 is 2.23 bits per heavy atom. The third-order valence-corrected chi connectivity index (χ3v) is 2.76. The highest BCUT2D eigenvalue weighted by Gasteiger charge is 2.24. The second-order valence-electron chi connectivity index (χ2n) is 3.41. The Hall–Kier alpha value is -0.410. The first-order chi connectivity index (χ1) is 6.12. The number of halogens is 2. The first-order valence-electron chi connectivity index (χ1n) is 4.14. The minimum Gasteiger partial charge on any atom is -0.329 e. The molecule has 0 amide bonds. The highest BCUT2D eigenvalue weighted by atomic mass is 79.9. The van der Waals surface area contributed by atoms with Gasteiger partial charge >= 0.3 is 0 Å². The predicted octanol–water partition coefficient (Wildman–Crippen LogP) is 2.64. The summed E-state index contributed by atoms with van der Waals surface area (Å²) in [5, 5.41) is 0. The lowest BCUT2D eigenvalue weighted by atomic mass is 9.84. The molecule has 0 aliphatic carbocycles. The third-order valence-electron chi connectivity index (χ3n) is 2.27. The zero-order chi connectivity index (χ0) is 9.90. The average molecular weight is 246 g/mol. The fourth-order valence-electron chi connectivity index (χ4n) is 1.11. The van der Waals surface area contributed by atoms with Crippen LogP contribution in [0.15, 0.2) is 28.7 Å². The van der Waals surface area contributed by atoms with Gasteiger partial charge in [-0.2, -0.15) is 0 Å². The molecule has 3 heteroatoms. The molecule has 0 radical (unpaired) electrons. The van der Waals surface area contributed by atoms with Gasteiger partial charge in [0.1, 0.15) is 0 Å². The maximum Gasteiger partial charge on any atom is 0.1000 e. The SMILES string of the molecule is CC(CN)(CF)c1cccc(Br)c1. The van der Waals surface area contributed by atoms with Crippen LogP contribution in [0.4, 0.5) is 4.39 Å². The van der Waals surface area contributed by atoms with Crippen LogP contribution in [0.25, 0.3) is 0 Å². The first-order valence-corrected chi connectivity index (χ1v) is 4.94. The van der Waals surface area contributed by atoms with E-state index < -0.39 is 12.1 Å². The van der Waals surface area contributed by atoms with Crippen molar-refractivity contribution in [3.05, 3.63) is 34.3 Å². The van der Waals surface area contributed by atoms with Crippen LogP contribution in [-0.2, 0) is 5.41 Å². The van der Waals surface area contributed by atoms with Crippen molar-refractivity contribution in [3.8, 4) is 0 Å². The van der Waals surface area contributed by atoms with Gasteiger partial charge < -0.3 is 5.73 Å². The van der Waals surface area contributed by atoms with E-state index in [1.165, 1.54) is 0 Å². The molecule has 1 aromatic rings. The number of hydrogen-bond acceptors (Lipinski definition) is 1. The van der Waals surface area contributed by atoms with Crippen LogP contribution < -0.4 is 5.73 Å². The molecule has 1 rings (SSSR count). The number of hydrogen-bond donors (Lipinski definition) is 1. The number of alkyl halides is 1. The molecule has 2 N–H and O–H groups in total. The zero-order valence-electron chi connectivity index (χ0n) is 7.56. The largest absolute Gasteiger partial charge is 0.329 e. The van der Waals surface area contributed by atoms with E-state index in [0.717, 1.165) is 10.0 Å². The molecule has 0 aromatic heterocycles. The van der Waals surface area contributed by atoms with Crippen LogP contribution in [0.1, 0.15) is 12.5 Å². The molecule has 13 heavy (non-hydrogen) atoms. The van der Waals surface area contributed by atoms with Crippen LogP contribution >= 0.6 is 15.9 Å². The summed E-state index contributed by atoms with van der Waals surface area (Å²) in [7, 11) is 0. The Kier molecular flexibility index (Phi) is 3.45. The molecule has 0 heterocycles. The lowest BCUT2D eigenvalue weighted by molar-refractivity contribution is 0.334. The highest BCUT2D eigenvalue weighted by molar-refractivity contribution is 9.10. The monoisotopic (exact) mass is 245 g/mol. The maximum absolute atomic E-state index is 12.8. The first kappa shape index (κ1) is 10.7. The summed E-state index contributed by atoms with van der Waals surface area (Å²) in [6.07, 6.45) is 0. The number of nitrogens with two attached hydrogens (primary N) is 1. The quantitative estimate of drug-likeness (QED) is 0.871. The Morgan fingerprint density at radius 1 is 1.54 bits per heavy atom. The molecule has 1 unspecified atom stereocenters. The molecular weight excluding hydrogens is 233 g/mol. The molecule has 0 saturated carbocycles. The summed E-state index contributed by atoms with van der Waals surface area (Å²) < 4.78 is 13.7. The van der Waals surface area contributed by atoms with Crippen molar-refractivity contribution in [1.82, 2.24) is 0 Å². The fourth-order valence-corrected chi connectivity index (χ4v) is 1.51. The molecule has 1 nitrogen and oxygen atoms in total. The number of benzene rings is 1. The van der Waals surface area contributed by atoms with Crippen molar-refractivity contribution in [2.45, 2.75) is 12.3 Å². The van der Waals surface area contributed by atoms with Crippen molar-refractivity contribution >= 4 is 15.9 Å². The minimum atomic E-state index is -0.552. The summed E-state index contributed by atoms with van der Waals surface area (Å²) in [5.41, 5.74) is 5.93. The van der Waals surface area contributed by atoms with Crippen molar-refractivity contribution < 1.29 is 4.39 Å². The van der Waals surface area contributed by atoms with Gasteiger partial charge in [0, 0.05) is 16.4 Å². The van der Waals surface area contributed by atoms with Gasteiger partial charge in [-0.05, 0) is 17.7 Å². The molecule has 1 atom stereocenters. The van der Waals surface area contributed by atoms with E-state index in [2.05, 4.69) is 15.9 Å². The van der Waals surface area contributed by atoms with Crippen molar-refractivity contribution in [2.24, 2.45) is 5.73 Å². The van der Waals surface area contributed by atoms with E-state index in [-0.39, 0.29) is 0 Å². The number of rotatable bonds is 3. The van der Waals surface area contributed by atoms with Crippen molar-refractivity contribution in [3.63, 3.8) is 0 Å². The Bertz CT molecular complexity index is 284. The van der Waals surface area contributed by atoms with Gasteiger partial charge in [-0.1, -0.05) is 35.0 Å². The van der Waals surface area contributed by atoms with Gasteiger partial charge in [0.25, 0.3) is 0 Å². The van der Waals surface area contributed by atoms with Gasteiger partial charge in [0.15, 0.2) is 0 Å². The lowest BCUT2D eigenvalue weighted by Crippen LogP contribution is -2.33. The molecule has 0 aliphatic rings. The van der Waals surface area contributed by atoms with E-state index in [1.807, 2.05) is 31.2 Å². The third kappa shape index (κ3) is 2.29. The lowest BCUT2D eigenvalue weighted by Gasteiger charge is -2.24. The topological polar surface area (TPSA) is 26.0 Å². The van der Waals surface area contributed by atoms with Crippen molar-refractivity contribution in [2.75, 3.05) is 13.2 Å². The predicted molar refractivity (Wildman–Crippen MR) is 56.5 cm³/mol. The summed E-state index contributed by atoms with van der Waals surface area (Å²) in [5.74, 6) is 0. The summed E-state index contributed by atoms with van der Waals surface area (Å²) in [6.45, 7) is 1.72. The van der Waals surface area contributed by atoms with E-state index in [9.17, 15) is 4.39 Å². The minimum absolute atomic E-state index is 0.319. The van der Waals surface area contributed by atoms with Crippen LogP contribution in [-0.4, -0.2) is 13.2 Å². The molecule has 0 fully saturated rings. The fraction of sp³-hybridized carbons (Fsp3) is 0.400. The van der Waals surface area contributed by atoms with Crippen LogP contribution in [0.2, 0.25) is 0 Å². The van der Waals surface area contributed by atoms with Crippen LogP contribution in [0, 0.1) is 0 Å². The smallest absolute Gasteiger partial charge is 0.1000 e. The summed E-state index contributed by atoms with van der Waals surface area (Å²) in [4.78, 5) is 0. The molecule has 0 spiro atoms. The molecular formula is C10H13BrFN. The normalized spacial score (nSPS) is 15.4. The van der Waals surface area contributed by atoms with E-state index in [0.29, 0.717) is 6.54 Å². The molecule has 72 valence electrons. The van der Waals surface area contributed by atoms with Gasteiger partial charge in [-0.25, -0.2) is 0 Å². The Morgan fingerprint density at radius 3 is 2.69 bits per heavy atom. The molecule has 0 saturated heterocycles. The summed E-state index contributed by atoms with van der Waals surface area (Å²) >= 11 is 3.35. The molecule has 0 bridgehead atoms. The van der Waals surface area contributed by atoms with E-state index in [4.69, 9.17) is 5.73 Å². The second kappa shape index (κ2) is 4.20. The van der Waals surface area contributed by atoms with Gasteiger partial charge in [0.05, 0.1) is 6.67 Å². The second-order valence-corrected chi connectivity index (χ2v) is 4.32. The molecule has 1 aromatic carbocycles. The van der Waals surface area contributed by atoms with Gasteiger partial charge in [-0.15, -0.1) is 0 Å².